The second kappa shape index (κ2) is 24.6. The number of rotatable bonds is 24. The molecule has 3 aromatic heterocycles. The van der Waals surface area contributed by atoms with E-state index in [1.54, 1.807) is 31.2 Å². The number of fused-ring (bicyclic) bond motifs is 3. The van der Waals surface area contributed by atoms with E-state index in [4.69, 9.17) is 19.4 Å². The molecule has 0 radical (unpaired) electrons. The highest BCUT2D eigenvalue weighted by atomic mass is 32.2. The molecule has 412 valence electrons. The molecule has 0 bridgehead atoms. The minimum absolute atomic E-state index is 0.0151. The van der Waals surface area contributed by atoms with Crippen LogP contribution >= 0.6 is 0 Å². The molecule has 0 spiro atoms. The molecule has 4 heterocycles. The van der Waals surface area contributed by atoms with Crippen LogP contribution in [0.5, 0.6) is 5.88 Å². The molecule has 0 atom stereocenters. The van der Waals surface area contributed by atoms with Crippen LogP contribution in [-0.2, 0) is 44.8 Å². The molecule has 6 N–H and O–H groups in total. The third kappa shape index (κ3) is 13.5. The number of nitrogen functional groups attached to an aromatic ring is 1. The van der Waals surface area contributed by atoms with E-state index < -0.39 is 21.7 Å². The van der Waals surface area contributed by atoms with Crippen LogP contribution in [0.4, 0.5) is 11.6 Å². The summed E-state index contributed by atoms with van der Waals surface area (Å²) in [5.41, 5.74) is 12.7. The first kappa shape index (κ1) is 55.5. The van der Waals surface area contributed by atoms with Crippen molar-refractivity contribution in [2.75, 3.05) is 44.9 Å². The Labute approximate surface area is 461 Å². The zero-order valence-electron chi connectivity index (χ0n) is 44.7. The van der Waals surface area contributed by atoms with Gasteiger partial charge in [-0.05, 0) is 97.0 Å². The van der Waals surface area contributed by atoms with Gasteiger partial charge in [0.25, 0.3) is 5.91 Å². The van der Waals surface area contributed by atoms with Gasteiger partial charge in [0.15, 0.2) is 15.5 Å². The standard InChI is InChI=1S/C59H60N10O10S/c1-36-27-41(67-79-36)34-80(75,76)45-20-15-37(16-21-45)28-44(70)9-6-5-7-25-61-52(71)10-8-26-69(4)43-19-24-48-51(31-43)78-50-30-42(68(2)3)18-23-47(50)53(48)49-29-40(17-22-46(49)58(73)74)56(72)62-32-38-11-13-39(14-12-38)33-77-57-54-55(64-35-63-54)65-59(60)66-57/h11-24,27,29-31,35H,5-10,25-26,28,32-34H2,1-4H3,(H5-,60,61,62,63,64,65,66,71,72,73,74)/p+1. The second-order valence-electron chi connectivity index (χ2n) is 19.8. The number of unbranched alkanes of at least 4 members (excludes halogenated alkanes) is 2. The normalized spacial score (nSPS) is 11.5. The lowest BCUT2D eigenvalue weighted by Crippen LogP contribution is -2.26. The summed E-state index contributed by atoms with van der Waals surface area (Å²) in [6, 6.07) is 31.5. The summed E-state index contributed by atoms with van der Waals surface area (Å²) in [7, 11) is 2.16. The summed E-state index contributed by atoms with van der Waals surface area (Å²) in [6.45, 7) is 3.15. The van der Waals surface area contributed by atoms with Crippen molar-refractivity contribution < 1.29 is 46.4 Å². The first-order valence-corrected chi connectivity index (χ1v) is 27.7. The number of sulfone groups is 1. The number of aryl methyl sites for hydroxylation is 1. The van der Waals surface area contributed by atoms with Gasteiger partial charge in [-0.15, -0.1) is 0 Å². The number of benzene rings is 5. The van der Waals surface area contributed by atoms with Crippen LogP contribution in [0.25, 0.3) is 44.6 Å². The van der Waals surface area contributed by atoms with E-state index in [9.17, 15) is 32.7 Å². The third-order valence-electron chi connectivity index (χ3n) is 13.6. The molecule has 80 heavy (non-hydrogen) atoms. The lowest BCUT2D eigenvalue weighted by molar-refractivity contribution is -0.121. The number of hydrogen-bond donors (Lipinski definition) is 5. The van der Waals surface area contributed by atoms with Crippen LogP contribution in [-0.4, -0.2) is 96.4 Å². The number of hydrogen-bond acceptors (Lipinski definition) is 15. The lowest BCUT2D eigenvalue weighted by atomic mass is 9.89. The maximum Gasteiger partial charge on any atom is 0.336 e. The number of amides is 2. The van der Waals surface area contributed by atoms with Gasteiger partial charge < -0.3 is 45.0 Å². The molecule has 2 amide bonds. The van der Waals surface area contributed by atoms with Crippen molar-refractivity contribution in [3.05, 3.63) is 160 Å². The van der Waals surface area contributed by atoms with Crippen molar-refractivity contribution >= 4 is 67.2 Å². The molecule has 0 saturated heterocycles. The van der Waals surface area contributed by atoms with Gasteiger partial charge in [-0.3, -0.25) is 14.4 Å². The predicted molar refractivity (Wildman–Crippen MR) is 302 cm³/mol. The molecule has 7 aromatic rings. The van der Waals surface area contributed by atoms with Crippen LogP contribution in [0, 0.1) is 6.92 Å². The highest BCUT2D eigenvalue weighted by Gasteiger charge is 2.25. The predicted octanol–water partition coefficient (Wildman–Crippen LogP) is 7.67. The summed E-state index contributed by atoms with van der Waals surface area (Å²) in [5, 5.41) is 21.8. The van der Waals surface area contributed by atoms with Crippen molar-refractivity contribution in [3.63, 3.8) is 0 Å². The molecule has 0 saturated carbocycles. The average molecular weight is 1100 g/mol. The fraction of sp³-hybridized carbons (Fsp3) is 0.271. The Bertz CT molecular complexity index is 3900. The molecule has 20 nitrogen and oxygen atoms in total. The topological polar surface area (TPSA) is 282 Å². The zero-order valence-corrected chi connectivity index (χ0v) is 45.6. The van der Waals surface area contributed by atoms with Crippen LogP contribution in [0.1, 0.15) is 87.4 Å². The number of carbonyl (C=O) groups excluding carboxylic acids is 3. The van der Waals surface area contributed by atoms with E-state index in [1.165, 1.54) is 30.6 Å². The van der Waals surface area contributed by atoms with E-state index in [1.807, 2.05) is 91.3 Å². The van der Waals surface area contributed by atoms with E-state index in [2.05, 4.69) is 35.7 Å². The molecule has 4 aromatic carbocycles. The Morgan fingerprint density at radius 3 is 2.35 bits per heavy atom. The highest BCUT2D eigenvalue weighted by Crippen LogP contribution is 2.42. The SMILES string of the molecule is Cc1cc(CS(=O)(=O)c2ccc(CC(=O)CCCCCNC(=O)CCCN(C)c3ccc4c(-c5cc(C(=O)NCc6ccc(COc7nc(N)nc8nc[nH]c78)cc6)ccc5C(=O)O)c5ccc(=[N+](C)C)cc-5oc4c3)cc2)no1. The van der Waals surface area contributed by atoms with Gasteiger partial charge in [0, 0.05) is 91.9 Å². The van der Waals surface area contributed by atoms with Gasteiger partial charge in [0.2, 0.25) is 23.1 Å². The fourth-order valence-corrected chi connectivity index (χ4v) is 10.6. The average Bonchev–Trinajstić information content (AvgIpc) is 4.16. The number of nitrogens with zero attached hydrogens (tertiary/aromatic N) is 6. The Hall–Kier alpha value is -9.24. The summed E-state index contributed by atoms with van der Waals surface area (Å²) in [4.78, 5) is 69.8. The van der Waals surface area contributed by atoms with Crippen molar-refractivity contribution in [3.8, 4) is 28.3 Å². The van der Waals surface area contributed by atoms with Gasteiger partial charge >= 0.3 is 5.97 Å². The maximum absolute atomic E-state index is 13.8. The monoisotopic (exact) mass is 1100 g/mol. The van der Waals surface area contributed by atoms with Crippen molar-refractivity contribution in [1.29, 1.82) is 0 Å². The van der Waals surface area contributed by atoms with Crippen LogP contribution in [0.3, 0.4) is 0 Å². The Balaban J connectivity index is 0.786. The largest absolute Gasteiger partial charge is 0.478 e. The number of nitrogens with two attached hydrogens (primary N) is 1. The van der Waals surface area contributed by atoms with Crippen molar-refractivity contribution in [2.24, 2.45) is 0 Å². The number of ketones is 1. The number of Topliss-reactive ketones (excluding diaryl/α,β-unsaturated/α-hetero) is 1. The Kier molecular flexibility index (Phi) is 17.1. The van der Waals surface area contributed by atoms with Crippen LogP contribution in [0.15, 0.2) is 129 Å². The highest BCUT2D eigenvalue weighted by molar-refractivity contribution is 7.90. The lowest BCUT2D eigenvalue weighted by Gasteiger charge is -2.21. The van der Waals surface area contributed by atoms with Gasteiger partial charge in [-0.25, -0.2) is 22.8 Å². The minimum atomic E-state index is -3.61. The fourth-order valence-electron chi connectivity index (χ4n) is 9.31. The number of imidazole rings is 1. The van der Waals surface area contributed by atoms with Crippen molar-refractivity contribution in [2.45, 2.75) is 75.7 Å². The summed E-state index contributed by atoms with van der Waals surface area (Å²) in [5.74, 6) is -0.437. The zero-order chi connectivity index (χ0) is 56.5. The number of aromatic nitrogens is 5. The molecule has 9 rings (SSSR count). The Morgan fingerprint density at radius 1 is 0.825 bits per heavy atom. The molecule has 0 unspecified atom stereocenters. The van der Waals surface area contributed by atoms with Crippen molar-refractivity contribution in [1.82, 2.24) is 40.3 Å². The smallest absolute Gasteiger partial charge is 0.336 e. The second-order valence-corrected chi connectivity index (χ2v) is 21.8. The van der Waals surface area contributed by atoms with E-state index in [0.717, 1.165) is 40.6 Å². The summed E-state index contributed by atoms with van der Waals surface area (Å²) < 4.78 is 45.0. The molecule has 21 heteroatoms. The Morgan fingerprint density at radius 2 is 1.60 bits per heavy atom. The number of aromatic amines is 1. The number of ether oxygens (including phenoxy) is 1. The van der Waals surface area contributed by atoms with Crippen LogP contribution < -0.4 is 35.9 Å². The van der Waals surface area contributed by atoms with Gasteiger partial charge in [-0.1, -0.05) is 48.0 Å². The molecule has 0 fully saturated rings. The molecular weight excluding hydrogens is 1040 g/mol. The summed E-state index contributed by atoms with van der Waals surface area (Å²) >= 11 is 0. The van der Waals surface area contributed by atoms with E-state index in [-0.39, 0.29) is 64.9 Å². The first-order valence-electron chi connectivity index (χ1n) is 26.1. The van der Waals surface area contributed by atoms with Crippen LogP contribution in [0.2, 0.25) is 0 Å². The van der Waals surface area contributed by atoms with Gasteiger partial charge in [0.05, 0.1) is 28.5 Å². The quantitative estimate of drug-likeness (QED) is 0.0220. The van der Waals surface area contributed by atoms with E-state index in [0.29, 0.717) is 94.8 Å². The number of carbonyl (C=O) groups is 4. The minimum Gasteiger partial charge on any atom is -0.478 e. The molecular formula is C59H61N10O10S+. The number of aromatic carboxylic acids is 1. The number of anilines is 2. The number of carboxylic acids is 1. The molecule has 1 aliphatic heterocycles. The summed E-state index contributed by atoms with van der Waals surface area (Å²) in [6.07, 6.45) is 5.13. The third-order valence-corrected chi connectivity index (χ3v) is 15.3. The van der Waals surface area contributed by atoms with Gasteiger partial charge in [-0.2, -0.15) is 9.97 Å². The maximum atomic E-state index is 13.8. The van der Waals surface area contributed by atoms with E-state index >= 15 is 0 Å². The molecule has 2 aliphatic rings. The first-order chi connectivity index (χ1) is 38.5. The molecule has 1 aliphatic carbocycles. The number of carboxylic acid groups (broad SMARTS) is 1. The number of H-pyrrole nitrogens is 1. The van der Waals surface area contributed by atoms with Gasteiger partial charge in [0.1, 0.15) is 54.9 Å². The number of nitrogens with one attached hydrogen (secondary N) is 3.